The Morgan fingerprint density at radius 2 is 1.95 bits per heavy atom. The molecule has 8 heteroatoms. The Kier molecular flexibility index (Phi) is 5.99. The molecule has 0 unspecified atom stereocenters. The van der Waals surface area contributed by atoms with Crippen LogP contribution in [-0.2, 0) is 9.59 Å². The lowest BCUT2D eigenvalue weighted by molar-refractivity contribution is -0.135. The van der Waals surface area contributed by atoms with E-state index in [1.807, 2.05) is 0 Å². The number of carbonyl (C=O) groups is 3. The third kappa shape index (κ3) is 5.01. The lowest BCUT2D eigenvalue weighted by Gasteiger charge is -2.11. The summed E-state index contributed by atoms with van der Waals surface area (Å²) in [4.78, 5) is 33.2. The van der Waals surface area contributed by atoms with Gasteiger partial charge in [-0.15, -0.1) is 0 Å². The van der Waals surface area contributed by atoms with Gasteiger partial charge in [-0.25, -0.2) is 0 Å². The Morgan fingerprint density at radius 1 is 1.24 bits per heavy atom. The van der Waals surface area contributed by atoms with Crippen molar-refractivity contribution in [2.45, 2.75) is 0 Å². The van der Waals surface area contributed by atoms with E-state index < -0.39 is 18.4 Å². The van der Waals surface area contributed by atoms with Gasteiger partial charge in [-0.2, -0.15) is 0 Å². The molecule has 0 atom stereocenters. The molecule has 1 rings (SSSR count). The first-order valence-corrected chi connectivity index (χ1v) is 5.99. The zero-order chi connectivity index (χ0) is 15.8. The van der Waals surface area contributed by atoms with Crippen LogP contribution in [0.25, 0.3) is 0 Å². The number of carboxylic acids is 1. The number of benzene rings is 1. The van der Waals surface area contributed by atoms with Gasteiger partial charge >= 0.3 is 5.97 Å². The topological polar surface area (TPSA) is 114 Å². The fourth-order valence-corrected chi connectivity index (χ4v) is 1.40. The third-order valence-electron chi connectivity index (χ3n) is 2.46. The van der Waals surface area contributed by atoms with Crippen LogP contribution in [0.2, 0.25) is 0 Å². The summed E-state index contributed by atoms with van der Waals surface area (Å²) >= 11 is 0. The van der Waals surface area contributed by atoms with Crippen molar-refractivity contribution in [3.05, 3.63) is 23.8 Å². The van der Waals surface area contributed by atoms with Crippen molar-refractivity contribution in [1.82, 2.24) is 10.6 Å². The minimum Gasteiger partial charge on any atom is -0.493 e. The van der Waals surface area contributed by atoms with Crippen LogP contribution in [0.5, 0.6) is 11.5 Å². The summed E-state index contributed by atoms with van der Waals surface area (Å²) in [5.74, 6) is -1.42. The lowest BCUT2D eigenvalue weighted by atomic mass is 10.2. The van der Waals surface area contributed by atoms with Crippen molar-refractivity contribution in [3.63, 3.8) is 0 Å². The van der Waals surface area contributed by atoms with Crippen molar-refractivity contribution in [1.29, 1.82) is 0 Å². The molecule has 0 aliphatic rings. The van der Waals surface area contributed by atoms with Gasteiger partial charge in [0.2, 0.25) is 0 Å². The normalized spacial score (nSPS) is 9.62. The molecular weight excluding hydrogens is 280 g/mol. The molecule has 0 spiro atoms. The molecule has 0 aliphatic heterocycles. The molecule has 114 valence electrons. The number of nitrogens with one attached hydrogen (secondary N) is 2. The number of rotatable bonds is 7. The largest absolute Gasteiger partial charge is 0.493 e. The van der Waals surface area contributed by atoms with Gasteiger partial charge in [-0.3, -0.25) is 14.4 Å². The van der Waals surface area contributed by atoms with E-state index in [0.717, 1.165) is 0 Å². The van der Waals surface area contributed by atoms with Gasteiger partial charge in [0.05, 0.1) is 7.11 Å². The Labute approximate surface area is 121 Å². The van der Waals surface area contributed by atoms with Crippen LogP contribution in [0.1, 0.15) is 10.4 Å². The van der Waals surface area contributed by atoms with E-state index in [0.29, 0.717) is 5.75 Å². The summed E-state index contributed by atoms with van der Waals surface area (Å²) in [5.41, 5.74) is 0.223. The second kappa shape index (κ2) is 7.73. The Hall–Kier alpha value is -2.77. The highest BCUT2D eigenvalue weighted by Crippen LogP contribution is 2.27. The van der Waals surface area contributed by atoms with E-state index in [-0.39, 0.29) is 23.8 Å². The van der Waals surface area contributed by atoms with Crippen molar-refractivity contribution in [2.24, 2.45) is 0 Å². The summed E-state index contributed by atoms with van der Waals surface area (Å²) in [6, 6.07) is 4.31. The van der Waals surface area contributed by atoms with Crippen LogP contribution < -0.4 is 20.1 Å². The van der Waals surface area contributed by atoms with Gasteiger partial charge in [0, 0.05) is 12.6 Å². The number of ether oxygens (including phenoxy) is 2. The lowest BCUT2D eigenvalue weighted by Crippen LogP contribution is -2.29. The molecule has 0 saturated carbocycles. The molecule has 21 heavy (non-hydrogen) atoms. The second-order valence-corrected chi connectivity index (χ2v) is 3.90. The van der Waals surface area contributed by atoms with Gasteiger partial charge in [-0.1, -0.05) is 0 Å². The van der Waals surface area contributed by atoms with E-state index in [2.05, 4.69) is 10.6 Å². The van der Waals surface area contributed by atoms with Crippen LogP contribution in [0, 0.1) is 0 Å². The molecule has 1 aromatic rings. The highest BCUT2D eigenvalue weighted by molar-refractivity contribution is 5.96. The monoisotopic (exact) mass is 296 g/mol. The summed E-state index contributed by atoms with van der Waals surface area (Å²) in [6.07, 6.45) is 0. The first kappa shape index (κ1) is 16.3. The van der Waals surface area contributed by atoms with E-state index >= 15 is 0 Å². The molecule has 1 aromatic carbocycles. The average molecular weight is 296 g/mol. The van der Waals surface area contributed by atoms with Crippen molar-refractivity contribution >= 4 is 17.8 Å². The highest BCUT2D eigenvalue weighted by atomic mass is 16.5. The molecular formula is C13H16N2O6. The minimum atomic E-state index is -1.14. The van der Waals surface area contributed by atoms with Gasteiger partial charge in [0.15, 0.2) is 18.1 Å². The maximum atomic E-state index is 11.7. The maximum Gasteiger partial charge on any atom is 0.322 e. The minimum absolute atomic E-state index is 0.183. The quantitative estimate of drug-likeness (QED) is 0.633. The number of methoxy groups -OCH3 is 1. The van der Waals surface area contributed by atoms with E-state index in [1.165, 1.54) is 32.4 Å². The van der Waals surface area contributed by atoms with Gasteiger partial charge in [0.25, 0.3) is 11.8 Å². The first-order valence-electron chi connectivity index (χ1n) is 5.99. The standard InChI is InChI=1S/C13H16N2O6/c1-14-11(16)7-21-9-4-3-8(5-10(9)20-2)13(19)15-6-12(17)18/h3-5H,6-7H2,1-2H3,(H,14,16)(H,15,19)(H,17,18). The molecule has 0 aromatic heterocycles. The number of aliphatic carboxylic acids is 1. The van der Waals surface area contributed by atoms with Crippen LogP contribution in [-0.4, -0.2) is 50.2 Å². The van der Waals surface area contributed by atoms with Gasteiger partial charge < -0.3 is 25.2 Å². The van der Waals surface area contributed by atoms with Crippen molar-refractivity contribution < 1.29 is 29.0 Å². The zero-order valence-electron chi connectivity index (χ0n) is 11.6. The average Bonchev–Trinajstić information content (AvgIpc) is 2.49. The number of hydrogen-bond donors (Lipinski definition) is 3. The zero-order valence-corrected chi connectivity index (χ0v) is 11.6. The summed E-state index contributed by atoms with van der Waals surface area (Å²) in [6.45, 7) is -0.659. The van der Waals surface area contributed by atoms with E-state index in [4.69, 9.17) is 14.6 Å². The van der Waals surface area contributed by atoms with Gasteiger partial charge in [-0.05, 0) is 18.2 Å². The molecule has 0 bridgehead atoms. The number of carbonyl (C=O) groups excluding carboxylic acids is 2. The SMILES string of the molecule is CNC(=O)COc1ccc(C(=O)NCC(=O)O)cc1OC. The first-order chi connectivity index (χ1) is 9.97. The molecule has 8 nitrogen and oxygen atoms in total. The third-order valence-corrected chi connectivity index (χ3v) is 2.46. The number of likely N-dealkylation sites (N-methyl/N-ethyl adjacent to an activating group) is 1. The Balaban J connectivity index is 2.80. The summed E-state index contributed by atoms with van der Waals surface area (Å²) < 4.78 is 10.3. The smallest absolute Gasteiger partial charge is 0.322 e. The van der Waals surface area contributed by atoms with Crippen molar-refractivity contribution in [2.75, 3.05) is 27.3 Å². The van der Waals surface area contributed by atoms with Crippen molar-refractivity contribution in [3.8, 4) is 11.5 Å². The predicted octanol–water partition coefficient (Wildman–Crippen LogP) is -0.366. The maximum absolute atomic E-state index is 11.7. The number of amides is 2. The van der Waals surface area contributed by atoms with E-state index in [1.54, 1.807) is 0 Å². The second-order valence-electron chi connectivity index (χ2n) is 3.90. The molecule has 0 heterocycles. The number of hydrogen-bond acceptors (Lipinski definition) is 5. The molecule has 0 aliphatic carbocycles. The van der Waals surface area contributed by atoms with Crippen LogP contribution in [0.15, 0.2) is 18.2 Å². The molecule has 0 saturated heterocycles. The van der Waals surface area contributed by atoms with E-state index in [9.17, 15) is 14.4 Å². The predicted molar refractivity (Wildman–Crippen MR) is 72.5 cm³/mol. The number of carboxylic acid groups (broad SMARTS) is 1. The Bertz CT molecular complexity index is 543. The summed E-state index contributed by atoms with van der Waals surface area (Å²) in [5, 5.41) is 13.1. The molecule has 3 N–H and O–H groups in total. The summed E-state index contributed by atoms with van der Waals surface area (Å²) in [7, 11) is 2.87. The molecule has 0 fully saturated rings. The fourth-order valence-electron chi connectivity index (χ4n) is 1.40. The fraction of sp³-hybridized carbons (Fsp3) is 0.308. The van der Waals surface area contributed by atoms with Crippen LogP contribution in [0.4, 0.5) is 0 Å². The van der Waals surface area contributed by atoms with Crippen LogP contribution >= 0.6 is 0 Å². The molecule has 2 amide bonds. The molecule has 0 radical (unpaired) electrons. The highest BCUT2D eigenvalue weighted by Gasteiger charge is 2.12. The van der Waals surface area contributed by atoms with Crippen LogP contribution in [0.3, 0.4) is 0 Å². The van der Waals surface area contributed by atoms with Gasteiger partial charge in [0.1, 0.15) is 6.54 Å². The Morgan fingerprint density at radius 3 is 2.52 bits per heavy atom.